The van der Waals surface area contributed by atoms with E-state index in [1.165, 1.54) is 12.1 Å². The van der Waals surface area contributed by atoms with Crippen LogP contribution in [-0.2, 0) is 14.4 Å². The number of hydrogen-bond donors (Lipinski definition) is 3. The Morgan fingerprint density at radius 2 is 1.56 bits per heavy atom. The molecule has 6 atom stereocenters. The van der Waals surface area contributed by atoms with E-state index in [0.717, 1.165) is 24.8 Å². The van der Waals surface area contributed by atoms with Crippen molar-refractivity contribution in [2.75, 3.05) is 13.6 Å². The van der Waals surface area contributed by atoms with Crippen molar-refractivity contribution in [1.29, 1.82) is 0 Å². The van der Waals surface area contributed by atoms with E-state index in [1.807, 2.05) is 56.0 Å². The molecule has 8 heteroatoms. The zero-order valence-corrected chi connectivity index (χ0v) is 23.5. The molecule has 0 aromatic heterocycles. The van der Waals surface area contributed by atoms with Gasteiger partial charge in [-0.1, -0.05) is 63.2 Å². The van der Waals surface area contributed by atoms with Gasteiger partial charge in [0.05, 0.1) is 18.0 Å². The Hall–Kier alpha value is -3.26. The Balaban J connectivity index is 1.56. The molecule has 0 radical (unpaired) electrons. The molecule has 0 bridgehead atoms. The third-order valence-electron chi connectivity index (χ3n) is 8.28. The summed E-state index contributed by atoms with van der Waals surface area (Å²) >= 11 is 0. The molecule has 3 N–H and O–H groups in total. The molecule has 1 saturated heterocycles. The minimum absolute atomic E-state index is 0.106. The standard InChI is InChI=1S/C31H41FN4O3/c1-19(33-5)28(37)35-27(31(2,3)4)30(39)36-18-17-22-13-16-24(26(22)36)34-29(38)25(20-9-7-6-8-10-20)21-11-14-23(32)15-12-21/h6-12,14-15,19,22,24-27,33H,13,16-18H2,1-5H3,(H,34,38)(H,35,37)/t19-,22+,24?,25?,26-,27?/m0/s1. The topological polar surface area (TPSA) is 90.5 Å². The van der Waals surface area contributed by atoms with E-state index in [-0.39, 0.29) is 35.6 Å². The minimum atomic E-state index is -0.687. The van der Waals surface area contributed by atoms with Gasteiger partial charge in [-0.25, -0.2) is 4.39 Å². The third kappa shape index (κ3) is 6.32. The van der Waals surface area contributed by atoms with Crippen LogP contribution in [0.25, 0.3) is 0 Å². The second kappa shape index (κ2) is 11.9. The number of amides is 3. The number of hydrogen-bond acceptors (Lipinski definition) is 4. The Labute approximate surface area is 230 Å². The number of halogens is 1. The van der Waals surface area contributed by atoms with Gasteiger partial charge in [-0.15, -0.1) is 0 Å². The fourth-order valence-electron chi connectivity index (χ4n) is 5.99. The van der Waals surface area contributed by atoms with Crippen molar-refractivity contribution in [3.8, 4) is 0 Å². The first kappa shape index (κ1) is 28.7. The molecule has 1 saturated carbocycles. The Morgan fingerprint density at radius 1 is 0.923 bits per heavy atom. The number of likely N-dealkylation sites (N-methyl/N-ethyl adjacent to an activating group) is 1. The lowest BCUT2D eigenvalue weighted by Crippen LogP contribution is -2.60. The zero-order chi connectivity index (χ0) is 28.3. The number of rotatable bonds is 8. The second-order valence-electron chi connectivity index (χ2n) is 12.0. The molecule has 2 fully saturated rings. The first-order valence-corrected chi connectivity index (χ1v) is 13.9. The molecule has 2 aliphatic rings. The van der Waals surface area contributed by atoms with Crippen LogP contribution in [-0.4, -0.2) is 60.4 Å². The molecule has 2 aromatic carbocycles. The van der Waals surface area contributed by atoms with Crippen LogP contribution in [0.3, 0.4) is 0 Å². The summed E-state index contributed by atoms with van der Waals surface area (Å²) in [6.45, 7) is 8.22. The highest BCUT2D eigenvalue weighted by atomic mass is 19.1. The normalized spacial score (nSPS) is 23.0. The fourth-order valence-corrected chi connectivity index (χ4v) is 5.99. The lowest BCUT2D eigenvalue weighted by atomic mass is 9.85. The van der Waals surface area contributed by atoms with Gasteiger partial charge >= 0.3 is 0 Å². The van der Waals surface area contributed by atoms with Crippen LogP contribution in [0.4, 0.5) is 4.39 Å². The molecule has 39 heavy (non-hydrogen) atoms. The average molecular weight is 537 g/mol. The third-order valence-corrected chi connectivity index (χ3v) is 8.28. The summed E-state index contributed by atoms with van der Waals surface area (Å²) in [7, 11) is 1.71. The van der Waals surface area contributed by atoms with E-state index in [0.29, 0.717) is 18.0 Å². The lowest BCUT2D eigenvalue weighted by Gasteiger charge is -2.38. The lowest BCUT2D eigenvalue weighted by molar-refractivity contribution is -0.141. The summed E-state index contributed by atoms with van der Waals surface area (Å²) in [5.41, 5.74) is 1.05. The maximum Gasteiger partial charge on any atom is 0.246 e. The van der Waals surface area contributed by atoms with Gasteiger partial charge in [-0.2, -0.15) is 0 Å². The van der Waals surface area contributed by atoms with Crippen molar-refractivity contribution in [2.45, 2.75) is 77.0 Å². The van der Waals surface area contributed by atoms with Crippen molar-refractivity contribution < 1.29 is 18.8 Å². The summed E-state index contributed by atoms with van der Waals surface area (Å²) in [6, 6.07) is 14.1. The predicted octanol–water partition coefficient (Wildman–Crippen LogP) is 3.59. The van der Waals surface area contributed by atoms with Gasteiger partial charge in [0, 0.05) is 12.6 Å². The van der Waals surface area contributed by atoms with Crippen LogP contribution in [0.2, 0.25) is 0 Å². The minimum Gasteiger partial charge on any atom is -0.350 e. The molecule has 1 aliphatic heterocycles. The van der Waals surface area contributed by atoms with Gasteiger partial charge in [0.2, 0.25) is 17.7 Å². The summed E-state index contributed by atoms with van der Waals surface area (Å²) in [6.07, 6.45) is 2.58. The summed E-state index contributed by atoms with van der Waals surface area (Å²) in [4.78, 5) is 42.4. The number of carbonyl (C=O) groups is 3. The van der Waals surface area contributed by atoms with Crippen molar-refractivity contribution in [3.63, 3.8) is 0 Å². The van der Waals surface area contributed by atoms with Crippen molar-refractivity contribution in [1.82, 2.24) is 20.9 Å². The molecule has 3 unspecified atom stereocenters. The molecule has 210 valence electrons. The molecule has 1 heterocycles. The van der Waals surface area contributed by atoms with Crippen LogP contribution < -0.4 is 16.0 Å². The summed E-state index contributed by atoms with van der Waals surface area (Å²) in [5, 5.41) is 9.17. The van der Waals surface area contributed by atoms with E-state index in [1.54, 1.807) is 26.1 Å². The highest BCUT2D eigenvalue weighted by Gasteiger charge is 2.49. The van der Waals surface area contributed by atoms with Crippen molar-refractivity contribution in [2.24, 2.45) is 11.3 Å². The first-order chi connectivity index (χ1) is 18.5. The predicted molar refractivity (Wildman–Crippen MR) is 149 cm³/mol. The van der Waals surface area contributed by atoms with Crippen LogP contribution in [0.15, 0.2) is 54.6 Å². The van der Waals surface area contributed by atoms with Crippen LogP contribution in [0.5, 0.6) is 0 Å². The average Bonchev–Trinajstić information content (AvgIpc) is 3.50. The van der Waals surface area contributed by atoms with E-state index < -0.39 is 23.4 Å². The Kier molecular flexibility index (Phi) is 8.74. The van der Waals surface area contributed by atoms with Gasteiger partial charge in [0.1, 0.15) is 11.9 Å². The molecular formula is C31H41FN4O3. The van der Waals surface area contributed by atoms with Crippen LogP contribution >= 0.6 is 0 Å². The van der Waals surface area contributed by atoms with Gasteiger partial charge in [-0.05, 0) is 67.8 Å². The van der Waals surface area contributed by atoms with Crippen molar-refractivity contribution in [3.05, 3.63) is 71.5 Å². The number of nitrogens with zero attached hydrogens (tertiary/aromatic N) is 1. The highest BCUT2D eigenvalue weighted by molar-refractivity contribution is 5.91. The number of nitrogens with one attached hydrogen (secondary N) is 3. The molecule has 1 aliphatic carbocycles. The smallest absolute Gasteiger partial charge is 0.246 e. The number of benzene rings is 2. The largest absolute Gasteiger partial charge is 0.350 e. The zero-order valence-electron chi connectivity index (χ0n) is 23.5. The quantitative estimate of drug-likeness (QED) is 0.481. The molecular weight excluding hydrogens is 495 g/mol. The highest BCUT2D eigenvalue weighted by Crippen LogP contribution is 2.40. The molecule has 0 spiro atoms. The van der Waals surface area contributed by atoms with Crippen LogP contribution in [0.1, 0.15) is 64.0 Å². The van der Waals surface area contributed by atoms with Crippen molar-refractivity contribution >= 4 is 17.7 Å². The van der Waals surface area contributed by atoms with Crippen LogP contribution in [0, 0.1) is 17.2 Å². The molecule has 4 rings (SSSR count). The van der Waals surface area contributed by atoms with Gasteiger partial charge < -0.3 is 20.9 Å². The maximum atomic E-state index is 14.0. The first-order valence-electron chi connectivity index (χ1n) is 13.9. The summed E-state index contributed by atoms with van der Waals surface area (Å²) in [5.74, 6) is -1.14. The van der Waals surface area contributed by atoms with E-state index in [2.05, 4.69) is 16.0 Å². The van der Waals surface area contributed by atoms with Gasteiger partial charge in [0.15, 0.2) is 0 Å². The monoisotopic (exact) mass is 536 g/mol. The fraction of sp³-hybridized carbons (Fsp3) is 0.516. The SMILES string of the molecule is CN[C@@H](C)C(=O)NC(C(=O)N1CC[C@H]2CCC(NC(=O)C(c3ccccc3)c3ccc(F)cc3)[C@H]21)C(C)(C)C. The number of carbonyl (C=O) groups excluding carboxylic acids is 3. The summed E-state index contributed by atoms with van der Waals surface area (Å²) < 4.78 is 13.7. The number of fused-ring (bicyclic) bond motifs is 1. The maximum absolute atomic E-state index is 14.0. The van der Waals surface area contributed by atoms with Gasteiger partial charge in [0.25, 0.3) is 0 Å². The molecule has 3 amide bonds. The molecule has 2 aromatic rings. The van der Waals surface area contributed by atoms with Gasteiger partial charge in [-0.3, -0.25) is 14.4 Å². The Bertz CT molecular complexity index is 1160. The number of likely N-dealkylation sites (tertiary alicyclic amines) is 1. The Morgan fingerprint density at radius 3 is 2.18 bits per heavy atom. The van der Waals surface area contributed by atoms with E-state index in [9.17, 15) is 18.8 Å². The molecule has 7 nitrogen and oxygen atoms in total. The second-order valence-corrected chi connectivity index (χ2v) is 12.0. The van der Waals surface area contributed by atoms with E-state index in [4.69, 9.17) is 0 Å². The van der Waals surface area contributed by atoms with E-state index >= 15 is 0 Å².